The van der Waals surface area contributed by atoms with Crippen LogP contribution in [0.25, 0.3) is 0 Å². The number of aliphatic hydroxyl groups is 2. The molecule has 184 valence electrons. The fourth-order valence-corrected chi connectivity index (χ4v) is 8.92. The number of hydrogen-bond acceptors (Lipinski definition) is 7. The van der Waals surface area contributed by atoms with Crippen LogP contribution in [0.1, 0.15) is 73.6 Å². The average molecular weight is 463 g/mol. The highest BCUT2D eigenvalue weighted by atomic mass is 16.6. The number of ketones is 1. The van der Waals surface area contributed by atoms with E-state index in [0.29, 0.717) is 31.3 Å². The molecule has 33 heavy (non-hydrogen) atoms. The van der Waals surface area contributed by atoms with Gasteiger partial charge in [0.15, 0.2) is 11.4 Å². The molecule has 0 aromatic rings. The Hall–Kier alpha value is -1.73. The molecule has 0 unspecified atom stereocenters. The van der Waals surface area contributed by atoms with Crippen LogP contribution in [0.3, 0.4) is 0 Å². The molecular weight excluding hydrogens is 424 g/mol. The van der Waals surface area contributed by atoms with E-state index in [1.165, 1.54) is 7.11 Å². The minimum absolute atomic E-state index is 0.163. The van der Waals surface area contributed by atoms with Gasteiger partial charge in [0, 0.05) is 6.42 Å². The van der Waals surface area contributed by atoms with Gasteiger partial charge < -0.3 is 19.7 Å². The van der Waals surface area contributed by atoms with Gasteiger partial charge in [0.1, 0.15) is 11.5 Å². The molecule has 4 aliphatic rings. The Balaban J connectivity index is 1.97. The largest absolute Gasteiger partial charge is 0.469 e. The van der Waals surface area contributed by atoms with E-state index in [2.05, 4.69) is 13.5 Å². The quantitative estimate of drug-likeness (QED) is 0.488. The minimum Gasteiger partial charge on any atom is -0.469 e. The molecule has 0 radical (unpaired) electrons. The maximum atomic E-state index is 13.9. The van der Waals surface area contributed by atoms with Crippen LogP contribution in [0, 0.1) is 33.5 Å². The van der Waals surface area contributed by atoms with Crippen molar-refractivity contribution in [2.45, 2.75) is 91.0 Å². The van der Waals surface area contributed by atoms with Crippen molar-refractivity contribution in [3.8, 4) is 0 Å². The van der Waals surface area contributed by atoms with Gasteiger partial charge in [0.05, 0.1) is 18.1 Å². The molecule has 3 saturated carbocycles. The summed E-state index contributed by atoms with van der Waals surface area (Å²) in [4.78, 5) is 39.7. The molecule has 1 heterocycles. The predicted octanol–water partition coefficient (Wildman–Crippen LogP) is 2.96. The Morgan fingerprint density at radius 3 is 2.42 bits per heavy atom. The zero-order chi connectivity index (χ0) is 25.0. The number of methoxy groups -OCH3 is 1. The smallest absolute Gasteiger partial charge is 0.320 e. The van der Waals surface area contributed by atoms with Crippen LogP contribution < -0.4 is 0 Å². The highest BCUT2D eigenvalue weighted by Crippen LogP contribution is 2.80. The first-order valence-electron chi connectivity index (χ1n) is 12.0. The highest BCUT2D eigenvalue weighted by molar-refractivity contribution is 6.10. The monoisotopic (exact) mass is 462 g/mol. The van der Waals surface area contributed by atoms with Gasteiger partial charge >= 0.3 is 11.9 Å². The lowest BCUT2D eigenvalue weighted by atomic mass is 9.36. The SMILES string of the molecule is C=C1[C@@]2(C)C[C@H]3[C@](C)(CCC(=O)OC)[C@@H](C(C)(C)O)CC[C@]3(C)[C@@]13C(=O)O[C@@H](C)[C@@]3(O)C2=O. The summed E-state index contributed by atoms with van der Waals surface area (Å²) in [5, 5.41) is 23.2. The fraction of sp³-hybridized carbons (Fsp3) is 0.808. The summed E-state index contributed by atoms with van der Waals surface area (Å²) in [5.41, 5.74) is -6.66. The molecule has 1 saturated heterocycles. The summed E-state index contributed by atoms with van der Waals surface area (Å²) in [7, 11) is 1.35. The van der Waals surface area contributed by atoms with E-state index in [-0.39, 0.29) is 24.2 Å². The van der Waals surface area contributed by atoms with E-state index >= 15 is 0 Å². The summed E-state index contributed by atoms with van der Waals surface area (Å²) >= 11 is 0. The van der Waals surface area contributed by atoms with Crippen LogP contribution in [0.2, 0.25) is 0 Å². The first kappa shape index (κ1) is 24.4. The van der Waals surface area contributed by atoms with Crippen LogP contribution in [0.4, 0.5) is 0 Å². The van der Waals surface area contributed by atoms with Gasteiger partial charge in [-0.1, -0.05) is 20.4 Å². The van der Waals surface area contributed by atoms with Crippen molar-refractivity contribution in [1.29, 1.82) is 0 Å². The molecule has 0 aromatic heterocycles. The van der Waals surface area contributed by atoms with E-state index in [9.17, 15) is 24.6 Å². The second-order valence-corrected chi connectivity index (χ2v) is 12.2. The number of hydrogen-bond donors (Lipinski definition) is 2. The van der Waals surface area contributed by atoms with Gasteiger partial charge in [0.2, 0.25) is 0 Å². The number of ether oxygens (including phenoxy) is 2. The topological polar surface area (TPSA) is 110 Å². The molecule has 0 aromatic carbocycles. The van der Waals surface area contributed by atoms with Gasteiger partial charge in [-0.2, -0.15) is 0 Å². The Kier molecular flexibility index (Phi) is 4.94. The number of cyclic esters (lactones) is 1. The van der Waals surface area contributed by atoms with Gasteiger partial charge in [-0.25, -0.2) is 0 Å². The number of carbonyl (C=O) groups excluding carboxylic acids is 3. The summed E-state index contributed by atoms with van der Waals surface area (Å²) in [6.45, 7) is 15.2. The van der Waals surface area contributed by atoms with Crippen molar-refractivity contribution >= 4 is 17.7 Å². The van der Waals surface area contributed by atoms with Gasteiger partial charge in [-0.15, -0.1) is 0 Å². The molecule has 4 fully saturated rings. The number of fused-ring (bicyclic) bond motifs is 2. The van der Waals surface area contributed by atoms with Crippen LogP contribution in [0.15, 0.2) is 12.2 Å². The summed E-state index contributed by atoms with van der Waals surface area (Å²) < 4.78 is 10.5. The molecule has 1 aliphatic heterocycles. The second-order valence-electron chi connectivity index (χ2n) is 12.2. The highest BCUT2D eigenvalue weighted by Gasteiger charge is 2.89. The molecule has 7 nitrogen and oxygen atoms in total. The molecule has 2 N–H and O–H groups in total. The molecule has 7 heteroatoms. The maximum Gasteiger partial charge on any atom is 0.320 e. The third-order valence-electron chi connectivity index (χ3n) is 10.4. The predicted molar refractivity (Wildman–Crippen MR) is 120 cm³/mol. The molecular formula is C26H38O7. The van der Waals surface area contributed by atoms with Crippen molar-refractivity contribution < 1.29 is 34.1 Å². The normalized spacial score (nSPS) is 48.9. The number of carbonyl (C=O) groups is 3. The van der Waals surface area contributed by atoms with Gasteiger partial charge in [-0.3, -0.25) is 14.4 Å². The number of esters is 2. The molecule has 8 atom stereocenters. The molecule has 2 bridgehead atoms. The van der Waals surface area contributed by atoms with E-state index in [0.717, 1.165) is 0 Å². The number of Topliss-reactive ketones (excluding diaryl/α,β-unsaturated/α-hetero) is 1. The lowest BCUT2D eigenvalue weighted by Gasteiger charge is -2.66. The molecule has 4 rings (SSSR count). The minimum atomic E-state index is -1.98. The maximum absolute atomic E-state index is 13.9. The van der Waals surface area contributed by atoms with Crippen molar-refractivity contribution in [3.05, 3.63) is 12.2 Å². The zero-order valence-corrected chi connectivity index (χ0v) is 20.9. The molecule has 0 amide bonds. The van der Waals surface area contributed by atoms with Crippen LogP contribution in [0.5, 0.6) is 0 Å². The van der Waals surface area contributed by atoms with E-state index in [4.69, 9.17) is 9.47 Å². The lowest BCUT2D eigenvalue weighted by Crippen LogP contribution is -2.67. The summed E-state index contributed by atoms with van der Waals surface area (Å²) in [6, 6.07) is 0. The van der Waals surface area contributed by atoms with Gasteiger partial charge in [-0.05, 0) is 81.6 Å². The van der Waals surface area contributed by atoms with E-state index in [1.807, 2.05) is 6.92 Å². The Bertz CT molecular complexity index is 949. The average Bonchev–Trinajstić information content (AvgIpc) is 2.97. The molecule has 1 spiro atoms. The lowest BCUT2D eigenvalue weighted by molar-refractivity contribution is -0.205. The summed E-state index contributed by atoms with van der Waals surface area (Å²) in [5.74, 6) is -1.75. The van der Waals surface area contributed by atoms with Gasteiger partial charge in [0.25, 0.3) is 0 Å². The first-order chi connectivity index (χ1) is 15.0. The third kappa shape index (κ3) is 2.45. The van der Waals surface area contributed by atoms with Crippen molar-refractivity contribution in [2.24, 2.45) is 33.5 Å². The zero-order valence-electron chi connectivity index (χ0n) is 20.9. The van der Waals surface area contributed by atoms with Crippen LogP contribution >= 0.6 is 0 Å². The van der Waals surface area contributed by atoms with E-state index < -0.39 is 50.7 Å². The Labute approximate surface area is 195 Å². The first-order valence-corrected chi connectivity index (χ1v) is 12.0. The van der Waals surface area contributed by atoms with Crippen LogP contribution in [-0.2, 0) is 23.9 Å². The van der Waals surface area contributed by atoms with Crippen molar-refractivity contribution in [2.75, 3.05) is 7.11 Å². The Morgan fingerprint density at radius 2 is 1.88 bits per heavy atom. The Morgan fingerprint density at radius 1 is 1.27 bits per heavy atom. The standard InChI is InChI=1S/C26H38O7/c1-14-23(6)13-17-22(5,11-10-18(27)32-8)16(21(3,4)30)9-12-24(17,7)25(14)20(29)33-15(2)26(25,31)19(23)28/h15-17,30-31H,1,9-13H2,2-8H3/t15-,16+,17-,22+,23+,24-,25-,26+/m0/s1. The van der Waals surface area contributed by atoms with Crippen molar-refractivity contribution in [1.82, 2.24) is 0 Å². The second kappa shape index (κ2) is 6.69. The van der Waals surface area contributed by atoms with Crippen molar-refractivity contribution in [3.63, 3.8) is 0 Å². The third-order valence-corrected chi connectivity index (χ3v) is 10.4. The van der Waals surface area contributed by atoms with E-state index in [1.54, 1.807) is 27.7 Å². The molecule has 3 aliphatic carbocycles. The summed E-state index contributed by atoms with van der Waals surface area (Å²) in [6.07, 6.45) is 1.12. The van der Waals surface area contributed by atoms with Crippen LogP contribution in [-0.4, -0.2) is 52.4 Å². The number of rotatable bonds is 4. The fourth-order valence-electron chi connectivity index (χ4n) is 8.92.